The van der Waals surface area contributed by atoms with Gasteiger partial charge in [0.15, 0.2) is 4.96 Å². The van der Waals surface area contributed by atoms with Crippen molar-refractivity contribution in [2.45, 2.75) is 13.3 Å². The number of hydrogen-bond acceptors (Lipinski definition) is 6. The fourth-order valence-corrected chi connectivity index (χ4v) is 4.80. The van der Waals surface area contributed by atoms with E-state index in [1.54, 1.807) is 0 Å². The minimum atomic E-state index is -0.0508. The Morgan fingerprint density at radius 3 is 2.61 bits per heavy atom. The van der Waals surface area contributed by atoms with Crippen molar-refractivity contribution in [2.24, 2.45) is 0 Å². The molecule has 7 nitrogen and oxygen atoms in total. The van der Waals surface area contributed by atoms with Gasteiger partial charge in [-0.2, -0.15) is 0 Å². The zero-order valence-corrected chi connectivity index (χ0v) is 19.3. The van der Waals surface area contributed by atoms with Crippen molar-refractivity contribution < 1.29 is 14.3 Å². The number of benzene rings is 2. The third-order valence-electron chi connectivity index (χ3n) is 5.61. The minimum absolute atomic E-state index is 0.0508. The summed E-state index contributed by atoms with van der Waals surface area (Å²) in [5, 5.41) is 5.00. The van der Waals surface area contributed by atoms with Gasteiger partial charge in [0, 0.05) is 47.3 Å². The SMILES string of the molecule is CCOc1ccc(-c2cn3c(CC(=O)Nc4ccc(N5CCOCC5)cc4)csc3n2)cc1. The second-order valence-electron chi connectivity index (χ2n) is 7.83. The number of anilines is 2. The Morgan fingerprint density at radius 2 is 1.88 bits per heavy atom. The standard InChI is InChI=1S/C25H26N4O3S/c1-2-32-22-9-3-18(4-10-22)23-16-29-21(17-33-25(29)27-23)15-24(30)26-19-5-7-20(8-6-19)28-11-13-31-14-12-28/h3-10,16-17H,2,11-15H2,1H3,(H,26,30). The molecular formula is C25H26N4O3S. The van der Waals surface area contributed by atoms with Crippen LogP contribution in [0.1, 0.15) is 12.6 Å². The smallest absolute Gasteiger partial charge is 0.230 e. The number of thiazole rings is 1. The molecule has 0 bridgehead atoms. The molecule has 1 saturated heterocycles. The monoisotopic (exact) mass is 462 g/mol. The van der Waals surface area contributed by atoms with E-state index in [4.69, 9.17) is 14.5 Å². The van der Waals surface area contributed by atoms with Crippen molar-refractivity contribution in [2.75, 3.05) is 43.1 Å². The van der Waals surface area contributed by atoms with Crippen LogP contribution in [0.3, 0.4) is 0 Å². The minimum Gasteiger partial charge on any atom is -0.494 e. The van der Waals surface area contributed by atoms with Gasteiger partial charge in [0.1, 0.15) is 5.75 Å². The van der Waals surface area contributed by atoms with Gasteiger partial charge in [-0.1, -0.05) is 0 Å². The molecule has 1 fully saturated rings. The molecule has 2 aromatic heterocycles. The Balaban J connectivity index is 1.24. The zero-order valence-electron chi connectivity index (χ0n) is 18.5. The number of imidazole rings is 1. The molecule has 0 saturated carbocycles. The van der Waals surface area contributed by atoms with E-state index in [1.807, 2.05) is 71.4 Å². The van der Waals surface area contributed by atoms with Gasteiger partial charge < -0.3 is 19.7 Å². The Kier molecular flexibility index (Phi) is 6.28. The van der Waals surface area contributed by atoms with E-state index in [2.05, 4.69) is 10.2 Å². The van der Waals surface area contributed by atoms with E-state index in [9.17, 15) is 4.79 Å². The summed E-state index contributed by atoms with van der Waals surface area (Å²) in [6.45, 7) is 5.90. The summed E-state index contributed by atoms with van der Waals surface area (Å²) in [7, 11) is 0. The highest BCUT2D eigenvalue weighted by Gasteiger charge is 2.14. The van der Waals surface area contributed by atoms with Gasteiger partial charge in [0.2, 0.25) is 5.91 Å². The van der Waals surface area contributed by atoms with Gasteiger partial charge in [-0.15, -0.1) is 11.3 Å². The number of carbonyl (C=O) groups excluding carboxylic acids is 1. The van der Waals surface area contributed by atoms with Crippen molar-refractivity contribution in [1.82, 2.24) is 9.38 Å². The Hall–Kier alpha value is -3.36. The van der Waals surface area contributed by atoms with Crippen LogP contribution in [0, 0.1) is 0 Å². The molecule has 1 aliphatic rings. The predicted octanol–water partition coefficient (Wildman–Crippen LogP) is 4.48. The van der Waals surface area contributed by atoms with Crippen molar-refractivity contribution in [3.05, 3.63) is 65.8 Å². The van der Waals surface area contributed by atoms with Crippen LogP contribution in [0.4, 0.5) is 11.4 Å². The van der Waals surface area contributed by atoms with E-state index in [0.717, 1.165) is 65.3 Å². The van der Waals surface area contributed by atoms with E-state index < -0.39 is 0 Å². The highest BCUT2D eigenvalue weighted by atomic mass is 32.1. The molecule has 0 radical (unpaired) electrons. The van der Waals surface area contributed by atoms with Crippen LogP contribution < -0.4 is 15.0 Å². The molecule has 8 heteroatoms. The molecular weight excluding hydrogens is 436 g/mol. The number of fused-ring (bicyclic) bond motifs is 1. The summed E-state index contributed by atoms with van der Waals surface area (Å²) in [6, 6.07) is 15.9. The maximum atomic E-state index is 12.7. The topological polar surface area (TPSA) is 68.1 Å². The normalized spacial score (nSPS) is 13.9. The van der Waals surface area contributed by atoms with Crippen molar-refractivity contribution in [3.63, 3.8) is 0 Å². The van der Waals surface area contributed by atoms with Gasteiger partial charge in [-0.05, 0) is 55.5 Å². The summed E-state index contributed by atoms with van der Waals surface area (Å²) in [5.41, 5.74) is 4.76. The second kappa shape index (κ2) is 9.64. The van der Waals surface area contributed by atoms with Crippen LogP contribution in [0.25, 0.3) is 16.2 Å². The largest absolute Gasteiger partial charge is 0.494 e. The average molecular weight is 463 g/mol. The molecule has 0 aliphatic carbocycles. The van der Waals surface area contributed by atoms with Crippen molar-refractivity contribution in [1.29, 1.82) is 0 Å². The number of ether oxygens (including phenoxy) is 2. The Bertz CT molecular complexity index is 1230. The molecule has 0 atom stereocenters. The lowest BCUT2D eigenvalue weighted by Crippen LogP contribution is -2.36. The number of hydrogen-bond donors (Lipinski definition) is 1. The summed E-state index contributed by atoms with van der Waals surface area (Å²) < 4.78 is 12.9. The summed E-state index contributed by atoms with van der Waals surface area (Å²) in [5.74, 6) is 0.794. The molecule has 33 heavy (non-hydrogen) atoms. The predicted molar refractivity (Wildman–Crippen MR) is 131 cm³/mol. The number of aromatic nitrogens is 2. The average Bonchev–Trinajstić information content (AvgIpc) is 3.43. The summed E-state index contributed by atoms with van der Waals surface area (Å²) in [6.07, 6.45) is 2.27. The zero-order chi connectivity index (χ0) is 22.6. The van der Waals surface area contributed by atoms with Crippen LogP contribution in [-0.4, -0.2) is 48.2 Å². The van der Waals surface area contributed by atoms with E-state index in [-0.39, 0.29) is 12.3 Å². The lowest BCUT2D eigenvalue weighted by Gasteiger charge is -2.28. The van der Waals surface area contributed by atoms with E-state index >= 15 is 0 Å². The van der Waals surface area contributed by atoms with Crippen LogP contribution in [0.5, 0.6) is 5.75 Å². The molecule has 1 amide bonds. The van der Waals surface area contributed by atoms with Gasteiger partial charge in [0.05, 0.1) is 31.9 Å². The molecule has 2 aromatic carbocycles. The number of rotatable bonds is 7. The van der Waals surface area contributed by atoms with Gasteiger partial charge in [-0.25, -0.2) is 4.98 Å². The Morgan fingerprint density at radius 1 is 1.12 bits per heavy atom. The first-order chi connectivity index (χ1) is 16.2. The fourth-order valence-electron chi connectivity index (χ4n) is 3.93. The number of carbonyl (C=O) groups is 1. The molecule has 1 aliphatic heterocycles. The van der Waals surface area contributed by atoms with Gasteiger partial charge >= 0.3 is 0 Å². The van der Waals surface area contributed by atoms with Crippen molar-refractivity contribution in [3.8, 4) is 17.0 Å². The maximum Gasteiger partial charge on any atom is 0.230 e. The Labute approximate surface area is 196 Å². The number of morpholine rings is 1. The second-order valence-corrected chi connectivity index (χ2v) is 8.67. The van der Waals surface area contributed by atoms with Gasteiger partial charge in [0.25, 0.3) is 0 Å². The van der Waals surface area contributed by atoms with Crippen LogP contribution in [0.15, 0.2) is 60.1 Å². The van der Waals surface area contributed by atoms with Crippen LogP contribution in [0.2, 0.25) is 0 Å². The fraction of sp³-hybridized carbons (Fsp3) is 0.280. The molecule has 5 rings (SSSR count). The van der Waals surface area contributed by atoms with E-state index in [1.165, 1.54) is 11.3 Å². The quantitative estimate of drug-likeness (QED) is 0.439. The first kappa shape index (κ1) is 21.5. The first-order valence-corrected chi connectivity index (χ1v) is 12.0. The first-order valence-electron chi connectivity index (χ1n) is 11.1. The van der Waals surface area contributed by atoms with Crippen LogP contribution in [-0.2, 0) is 16.0 Å². The number of nitrogens with one attached hydrogen (secondary N) is 1. The molecule has 0 spiro atoms. The third-order valence-corrected chi connectivity index (χ3v) is 6.50. The highest BCUT2D eigenvalue weighted by molar-refractivity contribution is 7.15. The molecule has 4 aromatic rings. The van der Waals surface area contributed by atoms with E-state index in [0.29, 0.717) is 6.61 Å². The van der Waals surface area contributed by atoms with Crippen molar-refractivity contribution >= 4 is 33.6 Å². The molecule has 0 unspecified atom stereocenters. The molecule has 1 N–H and O–H groups in total. The summed E-state index contributed by atoms with van der Waals surface area (Å²) in [4.78, 5) is 20.6. The lowest BCUT2D eigenvalue weighted by molar-refractivity contribution is -0.115. The number of amides is 1. The lowest BCUT2D eigenvalue weighted by atomic mass is 10.1. The molecule has 170 valence electrons. The molecule has 3 heterocycles. The highest BCUT2D eigenvalue weighted by Crippen LogP contribution is 2.26. The third kappa shape index (κ3) is 4.86. The van der Waals surface area contributed by atoms with Gasteiger partial charge in [-0.3, -0.25) is 9.20 Å². The number of nitrogens with zero attached hydrogens (tertiary/aromatic N) is 3. The maximum absolute atomic E-state index is 12.7. The summed E-state index contributed by atoms with van der Waals surface area (Å²) >= 11 is 1.54. The van der Waals surface area contributed by atoms with Crippen LogP contribution >= 0.6 is 11.3 Å².